The Labute approximate surface area is 207 Å². The summed E-state index contributed by atoms with van der Waals surface area (Å²) in [6, 6.07) is 6.00. The van der Waals surface area contributed by atoms with Crippen molar-refractivity contribution in [2.45, 2.75) is 33.1 Å². The van der Waals surface area contributed by atoms with Crippen molar-refractivity contribution in [3.8, 4) is 11.8 Å². The van der Waals surface area contributed by atoms with Gasteiger partial charge < -0.3 is 29.4 Å². The van der Waals surface area contributed by atoms with E-state index in [1.165, 1.54) is 6.07 Å². The number of aryl methyl sites for hydroxylation is 1. The van der Waals surface area contributed by atoms with Crippen molar-refractivity contribution < 1.29 is 18.0 Å². The quantitative estimate of drug-likeness (QED) is 0.392. The Morgan fingerprint density at radius 3 is 2.47 bits per heavy atom. The molecule has 4 aromatic rings. The highest BCUT2D eigenvalue weighted by Crippen LogP contribution is 2.33. The molecule has 1 saturated heterocycles. The maximum atomic E-state index is 15.2. The molecular formula is C25H29F2N7O2. The summed E-state index contributed by atoms with van der Waals surface area (Å²) >= 11 is 0. The molecule has 0 radical (unpaired) electrons. The van der Waals surface area contributed by atoms with E-state index in [-0.39, 0.29) is 28.1 Å². The molecule has 1 fully saturated rings. The maximum absolute atomic E-state index is 15.2. The molecule has 0 atom stereocenters. The second-order valence-corrected chi connectivity index (χ2v) is 10.1. The number of aromatic amines is 1. The number of nitrogens with one attached hydrogen (secondary N) is 2. The van der Waals surface area contributed by atoms with E-state index >= 15 is 4.39 Å². The topological polar surface area (TPSA) is 95.3 Å². The number of aromatic nitrogens is 4. The average Bonchev–Trinajstić information content (AvgIpc) is 3.45. The van der Waals surface area contributed by atoms with Crippen LogP contribution < -0.4 is 15.0 Å². The fraction of sp³-hybridized carbons (Fsp3) is 0.400. The minimum Gasteiger partial charge on any atom is -0.421 e. The molecule has 0 amide bonds. The number of likely N-dealkylation sites (N-methyl/N-ethyl adjacent to an activating group) is 1. The Kier molecular flexibility index (Phi) is 6.03. The van der Waals surface area contributed by atoms with Crippen LogP contribution >= 0.6 is 0 Å². The van der Waals surface area contributed by atoms with E-state index in [1.54, 1.807) is 19.1 Å². The third kappa shape index (κ3) is 4.83. The van der Waals surface area contributed by atoms with Gasteiger partial charge in [-0.05, 0) is 20.0 Å². The Hall–Kier alpha value is -3.73. The molecule has 1 aromatic carbocycles. The monoisotopic (exact) mass is 497 g/mol. The highest BCUT2D eigenvalue weighted by Gasteiger charge is 2.23. The number of fused-ring (bicyclic) bond motifs is 1. The van der Waals surface area contributed by atoms with Crippen LogP contribution in [-0.2, 0) is 5.41 Å². The van der Waals surface area contributed by atoms with Crippen LogP contribution in [0.2, 0.25) is 0 Å². The molecule has 36 heavy (non-hydrogen) atoms. The van der Waals surface area contributed by atoms with Crippen LogP contribution in [0.5, 0.6) is 11.8 Å². The van der Waals surface area contributed by atoms with Gasteiger partial charge in [0.25, 0.3) is 0 Å². The van der Waals surface area contributed by atoms with E-state index in [0.29, 0.717) is 28.9 Å². The zero-order chi connectivity index (χ0) is 25.6. The molecule has 2 N–H and O–H groups in total. The smallest absolute Gasteiger partial charge is 0.326 e. The molecule has 4 heterocycles. The summed E-state index contributed by atoms with van der Waals surface area (Å²) in [5.41, 5.74) is 0.517. The van der Waals surface area contributed by atoms with Gasteiger partial charge in [-0.1, -0.05) is 25.9 Å². The van der Waals surface area contributed by atoms with Crippen LogP contribution in [0.4, 0.5) is 26.2 Å². The number of nitrogens with zero attached hydrogens (tertiary/aromatic N) is 5. The van der Waals surface area contributed by atoms with E-state index in [4.69, 9.17) is 9.26 Å². The Morgan fingerprint density at radius 2 is 1.78 bits per heavy atom. The minimum absolute atomic E-state index is 0.0903. The highest BCUT2D eigenvalue weighted by atomic mass is 19.1. The van der Waals surface area contributed by atoms with E-state index in [0.717, 1.165) is 32.2 Å². The van der Waals surface area contributed by atoms with Crippen molar-refractivity contribution in [2.24, 2.45) is 0 Å². The SMILES string of the molecule is Cc1cc2c(F)c(Oc3nc(Nc4cc(C(C)(C)C)on4)cc(N4CCN(C)CC4)n3)cc(F)c2[nH]1. The fourth-order valence-electron chi connectivity index (χ4n) is 4.05. The third-order valence-electron chi connectivity index (χ3n) is 6.13. The van der Waals surface area contributed by atoms with Crippen molar-refractivity contribution in [3.05, 3.63) is 47.4 Å². The molecule has 1 aliphatic heterocycles. The van der Waals surface area contributed by atoms with Crippen LogP contribution in [0, 0.1) is 18.6 Å². The van der Waals surface area contributed by atoms with Crippen LogP contribution in [0.1, 0.15) is 32.2 Å². The molecule has 11 heteroatoms. The lowest BCUT2D eigenvalue weighted by Gasteiger charge is -2.33. The van der Waals surface area contributed by atoms with Gasteiger partial charge in [-0.25, -0.2) is 8.78 Å². The van der Waals surface area contributed by atoms with Crippen molar-refractivity contribution in [1.29, 1.82) is 0 Å². The first kappa shape index (κ1) is 24.0. The van der Waals surface area contributed by atoms with E-state index in [1.807, 2.05) is 20.8 Å². The summed E-state index contributed by atoms with van der Waals surface area (Å²) in [5.74, 6) is 0.567. The molecule has 190 valence electrons. The van der Waals surface area contributed by atoms with Crippen molar-refractivity contribution in [3.63, 3.8) is 0 Å². The number of piperazine rings is 1. The Morgan fingerprint density at radius 1 is 1.03 bits per heavy atom. The van der Waals surface area contributed by atoms with E-state index < -0.39 is 11.6 Å². The number of hydrogen-bond acceptors (Lipinski definition) is 8. The van der Waals surface area contributed by atoms with Crippen LogP contribution in [0.15, 0.2) is 28.8 Å². The third-order valence-corrected chi connectivity index (χ3v) is 6.13. The van der Waals surface area contributed by atoms with Crippen LogP contribution in [0.3, 0.4) is 0 Å². The maximum Gasteiger partial charge on any atom is 0.326 e. The van der Waals surface area contributed by atoms with E-state index in [2.05, 4.69) is 42.3 Å². The molecule has 0 spiro atoms. The first-order chi connectivity index (χ1) is 17.1. The zero-order valence-corrected chi connectivity index (χ0v) is 20.9. The Bertz CT molecular complexity index is 1400. The fourth-order valence-corrected chi connectivity index (χ4v) is 4.05. The summed E-state index contributed by atoms with van der Waals surface area (Å²) in [6.07, 6.45) is 0. The molecule has 0 unspecified atom stereocenters. The zero-order valence-electron chi connectivity index (χ0n) is 20.9. The van der Waals surface area contributed by atoms with Crippen LogP contribution in [-0.4, -0.2) is 58.2 Å². The second-order valence-electron chi connectivity index (χ2n) is 10.1. The lowest BCUT2D eigenvalue weighted by molar-refractivity contribution is 0.311. The van der Waals surface area contributed by atoms with Gasteiger partial charge in [0, 0.05) is 60.9 Å². The first-order valence-electron chi connectivity index (χ1n) is 11.8. The van der Waals surface area contributed by atoms with Gasteiger partial charge in [0.1, 0.15) is 17.4 Å². The summed E-state index contributed by atoms with van der Waals surface area (Å²) < 4.78 is 41.0. The highest BCUT2D eigenvalue weighted by molar-refractivity contribution is 5.83. The predicted molar refractivity (Wildman–Crippen MR) is 133 cm³/mol. The first-order valence-corrected chi connectivity index (χ1v) is 11.8. The molecule has 3 aromatic heterocycles. The number of benzene rings is 1. The average molecular weight is 498 g/mol. The summed E-state index contributed by atoms with van der Waals surface area (Å²) in [7, 11) is 2.06. The number of hydrogen-bond donors (Lipinski definition) is 2. The second kappa shape index (κ2) is 9.05. The number of rotatable bonds is 5. The normalized spacial score (nSPS) is 15.0. The van der Waals surface area contributed by atoms with E-state index in [9.17, 15) is 4.39 Å². The molecule has 5 rings (SSSR count). The number of H-pyrrole nitrogens is 1. The number of ether oxygens (including phenoxy) is 1. The number of anilines is 3. The standard InChI is InChI=1S/C25H29F2N7O2/c1-14-10-15-22(27)17(11-16(26)23(15)28-14)35-24-30-19(29-20-12-18(36-32-20)25(2,3)4)13-21(31-24)34-8-6-33(5)7-9-34/h10-13,28H,6-9H2,1-5H3,(H,29,30,31,32). The lowest BCUT2D eigenvalue weighted by Crippen LogP contribution is -2.44. The molecule has 0 saturated carbocycles. The summed E-state index contributed by atoms with van der Waals surface area (Å²) in [4.78, 5) is 16.1. The Balaban J connectivity index is 1.50. The van der Waals surface area contributed by atoms with Gasteiger partial charge in [0.15, 0.2) is 23.2 Å². The minimum atomic E-state index is -0.690. The van der Waals surface area contributed by atoms with Gasteiger partial charge >= 0.3 is 6.01 Å². The molecule has 9 nitrogen and oxygen atoms in total. The summed E-state index contributed by atoms with van der Waals surface area (Å²) in [6.45, 7) is 11.0. The largest absolute Gasteiger partial charge is 0.421 e. The molecule has 0 aliphatic carbocycles. The van der Waals surface area contributed by atoms with Gasteiger partial charge in [0.05, 0.1) is 5.52 Å². The van der Waals surface area contributed by atoms with Gasteiger partial charge in [0.2, 0.25) is 0 Å². The van der Waals surface area contributed by atoms with Crippen molar-refractivity contribution in [1.82, 2.24) is 25.0 Å². The van der Waals surface area contributed by atoms with Gasteiger partial charge in [-0.15, -0.1) is 0 Å². The van der Waals surface area contributed by atoms with Crippen LogP contribution in [0.25, 0.3) is 10.9 Å². The lowest BCUT2D eigenvalue weighted by atomic mass is 9.93. The summed E-state index contributed by atoms with van der Waals surface area (Å²) in [5, 5.41) is 7.31. The number of halogens is 2. The van der Waals surface area contributed by atoms with Crippen molar-refractivity contribution >= 4 is 28.4 Å². The predicted octanol–water partition coefficient (Wildman–Crippen LogP) is 5.12. The van der Waals surface area contributed by atoms with Crippen molar-refractivity contribution in [2.75, 3.05) is 43.4 Å². The molecule has 0 bridgehead atoms. The van der Waals surface area contributed by atoms with Gasteiger partial charge in [-0.2, -0.15) is 9.97 Å². The molecule has 1 aliphatic rings. The molecular weight excluding hydrogens is 468 g/mol. The van der Waals surface area contributed by atoms with Gasteiger partial charge in [-0.3, -0.25) is 0 Å².